The molecule has 2 unspecified atom stereocenters. The van der Waals surface area contributed by atoms with Gasteiger partial charge in [-0.25, -0.2) is 13.5 Å². The van der Waals surface area contributed by atoms with Crippen LogP contribution in [-0.4, -0.2) is 40.0 Å². The molecule has 4 rings (SSSR count). The van der Waals surface area contributed by atoms with E-state index < -0.39 is 11.6 Å². The van der Waals surface area contributed by atoms with Crippen LogP contribution in [-0.2, 0) is 7.05 Å². The molecular formula is C19H20ClF2N5O. The molecule has 1 saturated heterocycles. The summed E-state index contributed by atoms with van der Waals surface area (Å²) in [5.74, 6) is -2.07. The number of carbonyl (C=O) groups excluding carboxylic acids is 1. The largest absolute Gasteiger partial charge is 0.347 e. The van der Waals surface area contributed by atoms with Crippen molar-refractivity contribution in [2.24, 2.45) is 7.05 Å². The number of rotatable bonds is 3. The lowest BCUT2D eigenvalue weighted by molar-refractivity contribution is 0.0924. The Hall–Kier alpha value is -2.58. The number of aryl methyl sites for hydroxylation is 1. The predicted molar refractivity (Wildman–Crippen MR) is 104 cm³/mol. The van der Waals surface area contributed by atoms with E-state index in [1.807, 2.05) is 0 Å². The van der Waals surface area contributed by atoms with Gasteiger partial charge in [0, 0.05) is 31.1 Å². The molecule has 2 heterocycles. The summed E-state index contributed by atoms with van der Waals surface area (Å²) >= 11 is 0. The van der Waals surface area contributed by atoms with E-state index in [0.29, 0.717) is 23.2 Å². The van der Waals surface area contributed by atoms with Gasteiger partial charge in [-0.1, -0.05) is 11.3 Å². The standard InChI is InChI=1S/C19H19F2N5O.ClH/c1-26-18-5-3-12(9-16(18)24-25-26)19(27)23-17-10-22-7-6-13(17)11-2-4-14(20)15(21)8-11;/h2-5,8-9,13,17,22H,6-7,10H2,1H3,(H,23,27);1H. The maximum absolute atomic E-state index is 13.6. The molecule has 0 spiro atoms. The second-order valence-electron chi connectivity index (χ2n) is 6.77. The second-order valence-corrected chi connectivity index (χ2v) is 6.77. The topological polar surface area (TPSA) is 71.8 Å². The lowest BCUT2D eigenvalue weighted by atomic mass is 9.85. The number of piperidine rings is 1. The third kappa shape index (κ3) is 3.83. The van der Waals surface area contributed by atoms with Gasteiger partial charge in [0.1, 0.15) is 5.52 Å². The summed E-state index contributed by atoms with van der Waals surface area (Å²) in [5.41, 5.74) is 2.65. The van der Waals surface area contributed by atoms with Crippen molar-refractivity contribution in [2.45, 2.75) is 18.4 Å². The van der Waals surface area contributed by atoms with Gasteiger partial charge in [0.2, 0.25) is 0 Å². The van der Waals surface area contributed by atoms with Crippen LogP contribution in [0.4, 0.5) is 8.78 Å². The van der Waals surface area contributed by atoms with Crippen molar-refractivity contribution in [1.82, 2.24) is 25.6 Å². The van der Waals surface area contributed by atoms with Crippen LogP contribution in [0.1, 0.15) is 28.3 Å². The number of amides is 1. The molecule has 2 aromatic carbocycles. The summed E-state index contributed by atoms with van der Waals surface area (Å²) in [6.45, 7) is 1.31. The number of halogens is 3. The highest BCUT2D eigenvalue weighted by Crippen LogP contribution is 2.27. The van der Waals surface area contributed by atoms with Crippen LogP contribution in [0.5, 0.6) is 0 Å². The van der Waals surface area contributed by atoms with E-state index in [1.54, 1.807) is 36.0 Å². The van der Waals surface area contributed by atoms with Gasteiger partial charge in [-0.3, -0.25) is 4.79 Å². The van der Waals surface area contributed by atoms with Crippen LogP contribution in [0.3, 0.4) is 0 Å². The Morgan fingerprint density at radius 3 is 2.82 bits per heavy atom. The normalized spacial score (nSPS) is 19.2. The van der Waals surface area contributed by atoms with Crippen LogP contribution in [0.15, 0.2) is 36.4 Å². The number of carbonyl (C=O) groups is 1. The Bertz CT molecular complexity index is 1010. The highest BCUT2D eigenvalue weighted by atomic mass is 35.5. The molecule has 0 saturated carbocycles. The van der Waals surface area contributed by atoms with Crippen LogP contribution < -0.4 is 10.6 Å². The Balaban J connectivity index is 0.00000225. The van der Waals surface area contributed by atoms with Crippen molar-refractivity contribution in [3.05, 3.63) is 59.2 Å². The average molecular weight is 408 g/mol. The molecule has 3 aromatic rings. The van der Waals surface area contributed by atoms with Gasteiger partial charge in [-0.15, -0.1) is 17.5 Å². The fourth-order valence-electron chi connectivity index (χ4n) is 3.59. The van der Waals surface area contributed by atoms with Crippen molar-refractivity contribution in [1.29, 1.82) is 0 Å². The van der Waals surface area contributed by atoms with E-state index in [1.165, 1.54) is 6.07 Å². The van der Waals surface area contributed by atoms with Crippen LogP contribution >= 0.6 is 12.4 Å². The molecule has 1 aliphatic rings. The van der Waals surface area contributed by atoms with E-state index in [-0.39, 0.29) is 30.3 Å². The number of nitrogens with one attached hydrogen (secondary N) is 2. The lowest BCUT2D eigenvalue weighted by Gasteiger charge is -2.33. The van der Waals surface area contributed by atoms with Crippen LogP contribution in [0.2, 0.25) is 0 Å². The van der Waals surface area contributed by atoms with Crippen molar-refractivity contribution in [2.75, 3.05) is 13.1 Å². The molecule has 1 aromatic heterocycles. The molecule has 1 amide bonds. The fraction of sp³-hybridized carbons (Fsp3) is 0.316. The number of fused-ring (bicyclic) bond motifs is 1. The first kappa shape index (κ1) is 20.2. The number of hydrogen-bond acceptors (Lipinski definition) is 4. The van der Waals surface area contributed by atoms with E-state index in [0.717, 1.165) is 24.5 Å². The fourth-order valence-corrected chi connectivity index (χ4v) is 3.59. The molecule has 0 bridgehead atoms. The predicted octanol–water partition coefficient (Wildman–Crippen LogP) is 2.54. The lowest BCUT2D eigenvalue weighted by Crippen LogP contribution is -2.50. The SMILES string of the molecule is Cl.Cn1nnc2cc(C(=O)NC3CNCCC3c3ccc(F)c(F)c3)ccc21. The highest BCUT2D eigenvalue weighted by molar-refractivity contribution is 5.97. The van der Waals surface area contributed by atoms with Gasteiger partial charge in [0.05, 0.1) is 5.52 Å². The van der Waals surface area contributed by atoms with Gasteiger partial charge < -0.3 is 10.6 Å². The maximum Gasteiger partial charge on any atom is 0.251 e. The zero-order valence-corrected chi connectivity index (χ0v) is 16.0. The van der Waals surface area contributed by atoms with Crippen molar-refractivity contribution < 1.29 is 13.6 Å². The molecule has 0 radical (unpaired) electrons. The second kappa shape index (κ2) is 8.20. The number of hydrogen-bond donors (Lipinski definition) is 2. The van der Waals surface area contributed by atoms with E-state index >= 15 is 0 Å². The minimum atomic E-state index is -0.871. The summed E-state index contributed by atoms with van der Waals surface area (Å²) in [7, 11) is 1.79. The van der Waals surface area contributed by atoms with E-state index in [9.17, 15) is 13.6 Å². The smallest absolute Gasteiger partial charge is 0.251 e. The molecule has 0 aliphatic carbocycles. The van der Waals surface area contributed by atoms with Crippen molar-refractivity contribution >= 4 is 29.3 Å². The van der Waals surface area contributed by atoms with E-state index in [4.69, 9.17) is 0 Å². The molecule has 28 heavy (non-hydrogen) atoms. The molecule has 1 aliphatic heterocycles. The van der Waals surface area contributed by atoms with Crippen LogP contribution in [0, 0.1) is 11.6 Å². The molecule has 6 nitrogen and oxygen atoms in total. The number of aromatic nitrogens is 3. The maximum atomic E-state index is 13.6. The molecular weight excluding hydrogens is 388 g/mol. The molecule has 9 heteroatoms. The van der Waals surface area contributed by atoms with Gasteiger partial charge in [-0.2, -0.15) is 0 Å². The van der Waals surface area contributed by atoms with Crippen molar-refractivity contribution in [3.63, 3.8) is 0 Å². The first-order valence-electron chi connectivity index (χ1n) is 8.79. The minimum Gasteiger partial charge on any atom is -0.347 e. The summed E-state index contributed by atoms with van der Waals surface area (Å²) in [6.07, 6.45) is 0.721. The average Bonchev–Trinajstić information content (AvgIpc) is 3.05. The Labute approximate surface area is 166 Å². The third-order valence-corrected chi connectivity index (χ3v) is 5.04. The molecule has 2 N–H and O–H groups in total. The number of nitrogens with zero attached hydrogens (tertiary/aromatic N) is 3. The van der Waals surface area contributed by atoms with Gasteiger partial charge in [0.25, 0.3) is 5.91 Å². The third-order valence-electron chi connectivity index (χ3n) is 5.04. The zero-order chi connectivity index (χ0) is 19.0. The summed E-state index contributed by atoms with van der Waals surface area (Å²) in [6, 6.07) is 8.93. The summed E-state index contributed by atoms with van der Waals surface area (Å²) in [4.78, 5) is 12.7. The molecule has 1 fully saturated rings. The first-order chi connectivity index (χ1) is 13.0. The zero-order valence-electron chi connectivity index (χ0n) is 15.2. The van der Waals surface area contributed by atoms with Crippen LogP contribution in [0.25, 0.3) is 11.0 Å². The van der Waals surface area contributed by atoms with E-state index in [2.05, 4.69) is 20.9 Å². The molecule has 148 valence electrons. The number of benzene rings is 2. The summed E-state index contributed by atoms with van der Waals surface area (Å²) in [5, 5.41) is 14.2. The van der Waals surface area contributed by atoms with Gasteiger partial charge in [-0.05, 0) is 48.9 Å². The quantitative estimate of drug-likeness (QED) is 0.700. The Kier molecular flexibility index (Phi) is 5.90. The molecule has 2 atom stereocenters. The summed E-state index contributed by atoms with van der Waals surface area (Å²) < 4.78 is 28.5. The minimum absolute atomic E-state index is 0. The monoisotopic (exact) mass is 407 g/mol. The first-order valence-corrected chi connectivity index (χ1v) is 8.79. The van der Waals surface area contributed by atoms with Crippen molar-refractivity contribution in [3.8, 4) is 0 Å². The van der Waals surface area contributed by atoms with Gasteiger partial charge >= 0.3 is 0 Å². The Morgan fingerprint density at radius 1 is 1.21 bits per heavy atom. The van der Waals surface area contributed by atoms with Gasteiger partial charge in [0.15, 0.2) is 11.6 Å². The highest BCUT2D eigenvalue weighted by Gasteiger charge is 2.28. The Morgan fingerprint density at radius 2 is 2.04 bits per heavy atom.